The Hall–Kier alpha value is -0.410. The van der Waals surface area contributed by atoms with Crippen LogP contribution in [0.1, 0.15) is 63.6 Å². The quantitative estimate of drug-likeness (QED) is 0.889. The summed E-state index contributed by atoms with van der Waals surface area (Å²) in [5.41, 5.74) is 1.36. The first-order valence-corrected chi connectivity index (χ1v) is 8.02. The molecule has 1 aromatic heterocycles. The molecule has 2 nitrogen and oxygen atoms in total. The van der Waals surface area contributed by atoms with Crippen LogP contribution in [0.15, 0.2) is 5.38 Å². The lowest BCUT2D eigenvalue weighted by Gasteiger charge is -2.43. The number of hydrogen-bond acceptors (Lipinski definition) is 3. The molecular weight excluding hydrogens is 240 g/mol. The highest BCUT2D eigenvalue weighted by Crippen LogP contribution is 2.44. The predicted octanol–water partition coefficient (Wildman–Crippen LogP) is 4.14. The third-order valence-corrected chi connectivity index (χ3v) is 5.61. The van der Waals surface area contributed by atoms with Gasteiger partial charge in [0.05, 0.1) is 11.2 Å². The molecule has 0 amide bonds. The highest BCUT2D eigenvalue weighted by atomic mass is 32.1. The maximum Gasteiger partial charge on any atom is 0.113 e. The van der Waals surface area contributed by atoms with Crippen molar-refractivity contribution in [3.63, 3.8) is 0 Å². The second kappa shape index (κ2) is 5.30. The van der Waals surface area contributed by atoms with Crippen molar-refractivity contribution in [1.29, 1.82) is 0 Å². The maximum absolute atomic E-state index is 4.91. The number of hydrogen-bond donors (Lipinski definition) is 1. The summed E-state index contributed by atoms with van der Waals surface area (Å²) in [7, 11) is 2.10. The van der Waals surface area contributed by atoms with Crippen LogP contribution in [0.4, 0.5) is 0 Å². The number of nitrogens with one attached hydrogen (secondary N) is 1. The molecule has 1 saturated carbocycles. The first-order chi connectivity index (χ1) is 8.49. The molecule has 0 aromatic carbocycles. The van der Waals surface area contributed by atoms with Gasteiger partial charge in [-0.25, -0.2) is 4.98 Å². The third-order valence-electron chi connectivity index (χ3n) is 4.57. The average Bonchev–Trinajstić information content (AvgIpc) is 2.80. The summed E-state index contributed by atoms with van der Waals surface area (Å²) in [6.07, 6.45) is 3.83. The van der Waals surface area contributed by atoms with Gasteiger partial charge in [0.1, 0.15) is 5.01 Å². The van der Waals surface area contributed by atoms with Crippen LogP contribution < -0.4 is 5.32 Å². The first-order valence-electron chi connectivity index (χ1n) is 7.14. The fraction of sp³-hybridized carbons (Fsp3) is 0.800. The average molecular weight is 266 g/mol. The normalized spacial score (nSPS) is 33.0. The summed E-state index contributed by atoms with van der Waals surface area (Å²) in [6, 6.07) is 0. The van der Waals surface area contributed by atoms with Crippen molar-refractivity contribution < 1.29 is 0 Å². The molecule has 0 radical (unpaired) electrons. The van der Waals surface area contributed by atoms with E-state index in [1.165, 1.54) is 30.0 Å². The van der Waals surface area contributed by atoms with Crippen molar-refractivity contribution in [3.8, 4) is 0 Å². The molecule has 2 rings (SSSR count). The van der Waals surface area contributed by atoms with Crippen LogP contribution in [0, 0.1) is 11.8 Å². The minimum absolute atomic E-state index is 0.115. The van der Waals surface area contributed by atoms with Gasteiger partial charge in [0.2, 0.25) is 0 Å². The molecule has 1 aliphatic carbocycles. The smallest absolute Gasteiger partial charge is 0.113 e. The summed E-state index contributed by atoms with van der Waals surface area (Å²) in [5.74, 6) is 2.05. The van der Waals surface area contributed by atoms with Crippen molar-refractivity contribution in [2.24, 2.45) is 11.8 Å². The van der Waals surface area contributed by atoms with Gasteiger partial charge in [-0.05, 0) is 44.1 Å². The Labute approximate surface area is 115 Å². The van der Waals surface area contributed by atoms with Crippen LogP contribution >= 0.6 is 11.3 Å². The standard InChI is InChI=1S/C15H26N2S/c1-10(2)13-9-18-14(17-13)15(16-5)7-6-11(3)8-12(15)4/h9-12,16H,6-8H2,1-5H3. The molecule has 1 fully saturated rings. The van der Waals surface area contributed by atoms with E-state index in [4.69, 9.17) is 4.98 Å². The lowest BCUT2D eigenvalue weighted by atomic mass is 9.70. The van der Waals surface area contributed by atoms with Crippen molar-refractivity contribution in [3.05, 3.63) is 16.1 Å². The molecule has 1 aliphatic rings. The van der Waals surface area contributed by atoms with Crippen molar-refractivity contribution in [2.75, 3.05) is 7.05 Å². The fourth-order valence-corrected chi connectivity index (χ4v) is 4.53. The molecule has 1 N–H and O–H groups in total. The molecule has 1 heterocycles. The highest BCUT2D eigenvalue weighted by molar-refractivity contribution is 7.09. The molecule has 1 aromatic rings. The maximum atomic E-state index is 4.91. The van der Waals surface area contributed by atoms with Crippen molar-refractivity contribution >= 4 is 11.3 Å². The van der Waals surface area contributed by atoms with Crippen LogP contribution in [0.25, 0.3) is 0 Å². The summed E-state index contributed by atoms with van der Waals surface area (Å²) < 4.78 is 0. The molecule has 0 aliphatic heterocycles. The van der Waals surface area contributed by atoms with Gasteiger partial charge < -0.3 is 5.32 Å². The molecule has 0 spiro atoms. The number of nitrogens with zero attached hydrogens (tertiary/aromatic N) is 1. The molecule has 3 heteroatoms. The number of aromatic nitrogens is 1. The van der Waals surface area contributed by atoms with Crippen LogP contribution in [0.2, 0.25) is 0 Å². The molecule has 18 heavy (non-hydrogen) atoms. The Morgan fingerprint density at radius 3 is 2.67 bits per heavy atom. The van der Waals surface area contributed by atoms with E-state index in [-0.39, 0.29) is 5.54 Å². The summed E-state index contributed by atoms with van der Waals surface area (Å²) >= 11 is 1.84. The van der Waals surface area contributed by atoms with E-state index in [9.17, 15) is 0 Å². The second-order valence-electron chi connectivity index (χ2n) is 6.23. The van der Waals surface area contributed by atoms with Crippen LogP contribution in [0.5, 0.6) is 0 Å². The molecule has 3 atom stereocenters. The lowest BCUT2D eigenvalue weighted by Crippen LogP contribution is -2.48. The largest absolute Gasteiger partial charge is 0.308 e. The zero-order valence-corrected chi connectivity index (χ0v) is 13.1. The minimum Gasteiger partial charge on any atom is -0.308 e. The predicted molar refractivity (Wildman–Crippen MR) is 79.1 cm³/mol. The van der Waals surface area contributed by atoms with E-state index < -0.39 is 0 Å². The van der Waals surface area contributed by atoms with Crippen LogP contribution in [0.3, 0.4) is 0 Å². The molecule has 3 unspecified atom stereocenters. The van der Waals surface area contributed by atoms with Gasteiger partial charge in [-0.2, -0.15) is 0 Å². The number of rotatable bonds is 3. The Balaban J connectivity index is 2.31. The third kappa shape index (κ3) is 2.35. The number of thiazole rings is 1. The highest BCUT2D eigenvalue weighted by Gasteiger charge is 2.42. The SMILES string of the molecule is CNC1(c2nc(C(C)C)cs2)CCC(C)CC1C. The Bertz CT molecular complexity index is 399. The summed E-state index contributed by atoms with van der Waals surface area (Å²) in [5, 5.41) is 7.14. The van der Waals surface area contributed by atoms with E-state index in [1.807, 2.05) is 11.3 Å². The Morgan fingerprint density at radius 2 is 2.17 bits per heavy atom. The lowest BCUT2D eigenvalue weighted by molar-refractivity contribution is 0.130. The fourth-order valence-electron chi connectivity index (χ4n) is 3.20. The van der Waals surface area contributed by atoms with E-state index >= 15 is 0 Å². The van der Waals surface area contributed by atoms with Gasteiger partial charge in [-0.1, -0.05) is 27.7 Å². The summed E-state index contributed by atoms with van der Waals surface area (Å²) in [6.45, 7) is 9.19. The molecule has 102 valence electrons. The van der Waals surface area contributed by atoms with Crippen LogP contribution in [-0.4, -0.2) is 12.0 Å². The van der Waals surface area contributed by atoms with Gasteiger partial charge in [-0.3, -0.25) is 0 Å². The summed E-state index contributed by atoms with van der Waals surface area (Å²) in [4.78, 5) is 4.91. The van der Waals surface area contributed by atoms with Gasteiger partial charge in [0.15, 0.2) is 0 Å². The zero-order chi connectivity index (χ0) is 13.3. The van der Waals surface area contributed by atoms with Gasteiger partial charge in [0, 0.05) is 5.38 Å². The Morgan fingerprint density at radius 1 is 1.44 bits per heavy atom. The molecular formula is C15H26N2S. The zero-order valence-electron chi connectivity index (χ0n) is 12.3. The van der Waals surface area contributed by atoms with E-state index in [0.29, 0.717) is 11.8 Å². The monoisotopic (exact) mass is 266 g/mol. The minimum atomic E-state index is 0.115. The van der Waals surface area contributed by atoms with Gasteiger partial charge in [0.25, 0.3) is 0 Å². The van der Waals surface area contributed by atoms with E-state index in [1.54, 1.807) is 0 Å². The second-order valence-corrected chi connectivity index (χ2v) is 7.09. The topological polar surface area (TPSA) is 24.9 Å². The van der Waals surface area contributed by atoms with E-state index in [0.717, 1.165) is 5.92 Å². The van der Waals surface area contributed by atoms with Crippen molar-refractivity contribution in [2.45, 2.75) is 58.4 Å². The molecule has 0 saturated heterocycles. The Kier molecular flexibility index (Phi) is 4.12. The molecule has 0 bridgehead atoms. The van der Waals surface area contributed by atoms with E-state index in [2.05, 4.69) is 45.4 Å². The first kappa shape index (κ1) is 14.0. The van der Waals surface area contributed by atoms with Crippen molar-refractivity contribution in [1.82, 2.24) is 10.3 Å². The van der Waals surface area contributed by atoms with Crippen LogP contribution in [-0.2, 0) is 5.54 Å². The van der Waals surface area contributed by atoms with Gasteiger partial charge >= 0.3 is 0 Å². The van der Waals surface area contributed by atoms with Gasteiger partial charge in [-0.15, -0.1) is 11.3 Å².